The average molecular weight is 1510 g/mol. The van der Waals surface area contributed by atoms with Crippen LogP contribution in [-0.2, 0) is 38.9 Å². The van der Waals surface area contributed by atoms with E-state index in [1.807, 2.05) is 0 Å². The molecule has 10 fully saturated rings. The van der Waals surface area contributed by atoms with Gasteiger partial charge in [-0.1, -0.05) is 118 Å². The van der Waals surface area contributed by atoms with Crippen LogP contribution in [0.1, 0.15) is 270 Å². The molecule has 15 heteroatoms. The Kier molecular flexibility index (Phi) is 21.5. The molecule has 2 aliphatic heterocycles. The molecule has 592 valence electrons. The summed E-state index contributed by atoms with van der Waals surface area (Å²) in [4.78, 5) is 58.1. The van der Waals surface area contributed by atoms with E-state index < -0.39 is 49.8 Å². The third-order valence-electron chi connectivity index (χ3n) is 36.7. The van der Waals surface area contributed by atoms with Crippen LogP contribution in [0.25, 0.3) is 0 Å². The topological polar surface area (TPSA) is 163 Å². The number of halogens is 2. The van der Waals surface area contributed by atoms with Crippen molar-refractivity contribution in [3.63, 3.8) is 0 Å². The van der Waals surface area contributed by atoms with Gasteiger partial charge in [-0.05, 0) is 326 Å². The molecule has 2 saturated heterocycles. The van der Waals surface area contributed by atoms with Crippen molar-refractivity contribution in [1.29, 1.82) is 0 Å². The van der Waals surface area contributed by atoms with Crippen molar-refractivity contribution in [2.75, 3.05) is 75.6 Å². The summed E-state index contributed by atoms with van der Waals surface area (Å²) in [6.07, 6.45) is 35.4. The van der Waals surface area contributed by atoms with Crippen LogP contribution in [0.4, 0.5) is 8.78 Å². The summed E-state index contributed by atoms with van der Waals surface area (Å²) in [5.41, 5.74) is 6.31. The molecule has 20 atom stereocenters. The van der Waals surface area contributed by atoms with E-state index in [1.165, 1.54) is 84.8 Å². The second kappa shape index (κ2) is 28.3. The summed E-state index contributed by atoms with van der Waals surface area (Å²) in [6, 6.07) is 0. The van der Waals surface area contributed by atoms with Gasteiger partial charge >= 0.3 is 5.97 Å². The number of Topliss-reactive ketones (excluding diaryl/α,β-unsaturated/α-hetero) is 3. The summed E-state index contributed by atoms with van der Waals surface area (Å²) in [6.45, 7) is 43.3. The lowest BCUT2D eigenvalue weighted by Crippen LogP contribution is -2.66. The van der Waals surface area contributed by atoms with Crippen LogP contribution in [0.5, 0.6) is 0 Å². The number of ketones is 3. The number of hydrogen-bond acceptors (Lipinski definition) is 10. The molecule has 0 aromatic rings. The Balaban J connectivity index is 0.000000188. The normalized spacial score (nSPS) is 44.7. The SMILES string of the molecule is C=C(C)[C@@H]1CC[C@]2(C(=O)CCCN3CCS(=O)(=O)CC3)CC[C@]3(C)[C@H](CC[C@@H]4[C@@]5(C)CC=C(C6=CC[C@@](CF)(C(=O)O)CC6)C(C)(C)[C@@H]5CC[C@]43C)[C@@H]12.C=C(C)[C@@H]1CC[C@]2(C(=O)CCCN3CCS(=O)(=O)CC3)CC[C@]3(C)[C@H](CC[C@@H]4[C@@]5(C)CC=C(C6=CC[C@@](CF)(C(C)=O)CC6)C(C)(C)[C@@H]5CC[C@]43C)[C@@H]12. The molecule has 0 unspecified atom stereocenters. The van der Waals surface area contributed by atoms with Gasteiger partial charge in [0.25, 0.3) is 0 Å². The zero-order valence-corrected chi connectivity index (χ0v) is 69.6. The predicted octanol–water partition coefficient (Wildman–Crippen LogP) is 19.3. The molecular weight excluding hydrogens is 1370 g/mol. The quantitative estimate of drug-likeness (QED) is 0.130. The molecule has 14 aliphatic rings. The summed E-state index contributed by atoms with van der Waals surface area (Å²) in [7, 11) is -5.82. The molecule has 1 N–H and O–H groups in total. The molecule has 0 radical (unpaired) electrons. The van der Waals surface area contributed by atoms with E-state index in [-0.39, 0.29) is 89.4 Å². The van der Waals surface area contributed by atoms with Crippen LogP contribution in [0.2, 0.25) is 0 Å². The number of fused-ring (bicyclic) bond motifs is 14. The van der Waals surface area contributed by atoms with E-state index in [1.54, 1.807) is 6.92 Å². The number of carbonyl (C=O) groups is 4. The monoisotopic (exact) mass is 1500 g/mol. The van der Waals surface area contributed by atoms with Crippen LogP contribution in [0.3, 0.4) is 0 Å². The first-order valence-corrected chi connectivity index (χ1v) is 46.1. The Labute approximate surface area is 639 Å². The largest absolute Gasteiger partial charge is 0.481 e. The Morgan fingerprint density at radius 3 is 1.17 bits per heavy atom. The number of carboxylic acids is 1. The maximum Gasteiger partial charge on any atom is 0.312 e. The molecular formula is C91H138F2N2O9S2. The number of sulfone groups is 2. The fraction of sp³-hybridized carbons (Fsp3) is 0.824. The molecule has 8 saturated carbocycles. The van der Waals surface area contributed by atoms with Gasteiger partial charge in [0, 0.05) is 49.9 Å². The van der Waals surface area contributed by atoms with E-state index in [0.717, 1.165) is 96.6 Å². The highest BCUT2D eigenvalue weighted by atomic mass is 32.2. The van der Waals surface area contributed by atoms with E-state index in [4.69, 9.17) is 0 Å². The number of aliphatic carboxylic acids is 1. The first kappa shape index (κ1) is 80.6. The lowest BCUT2D eigenvalue weighted by Gasteiger charge is -2.72. The molecule has 0 aromatic heterocycles. The van der Waals surface area contributed by atoms with Crippen molar-refractivity contribution in [3.8, 4) is 0 Å². The first-order valence-electron chi connectivity index (χ1n) is 42.5. The highest BCUT2D eigenvalue weighted by Gasteiger charge is 2.74. The standard InChI is InChI=1S/C46H70FNO4S.C45H68FNO5S/c1-31(2)34-15-22-46(39(50)10-9-25-48-26-28-53(51,52)29-27-48)24-23-43(7)36(40(34)46)11-12-38-42(6)18-16-35(41(4,5)37(42)17-19-44(38,43)8)33-13-20-45(30-47,21-14-33)32(3)49;1-30(2)32-14-21-45(37(48)9-8-24-47-25-27-53(51,52)28-26-47)23-22-42(6)34(38(32)45)10-11-36-41(5)17-15-33(40(3,4)35(41)16-18-43(36,42)7)31-12-19-44(29-46,20-13-31)39(49)50/h13,16,34,36-38,40H,1,9-12,14-15,17-30H2,2-8H3;12,15,32,34-36,38H,1,8-11,13-14,16-29H2,2-7H3,(H,49,50)/t34-,36+,37-,38+,40+,42-,43+,44+,45+,46+;32-,34+,35-,36+,38+,41-,42+,43+,44+,45+/m00/s1. The number of alkyl halides is 2. The zero-order chi connectivity index (χ0) is 76.8. The van der Waals surface area contributed by atoms with Gasteiger partial charge in [0.1, 0.15) is 30.7 Å². The third kappa shape index (κ3) is 12.7. The summed E-state index contributed by atoms with van der Waals surface area (Å²) >= 11 is 0. The lowest BCUT2D eigenvalue weighted by molar-refractivity contribution is -0.226. The Hall–Kier alpha value is -3.40. The van der Waals surface area contributed by atoms with Crippen molar-refractivity contribution in [2.45, 2.75) is 270 Å². The Morgan fingerprint density at radius 2 is 0.840 bits per heavy atom. The van der Waals surface area contributed by atoms with Gasteiger partial charge < -0.3 is 14.9 Å². The minimum Gasteiger partial charge on any atom is -0.481 e. The highest BCUT2D eigenvalue weighted by molar-refractivity contribution is 7.91. The zero-order valence-electron chi connectivity index (χ0n) is 68.0. The Bertz CT molecular complexity index is 3610. The number of rotatable bonds is 18. The van der Waals surface area contributed by atoms with Gasteiger partial charge in [0.2, 0.25) is 0 Å². The number of allylic oxidation sites excluding steroid dienone is 10. The molecule has 11 nitrogen and oxygen atoms in total. The highest BCUT2D eigenvalue weighted by Crippen LogP contribution is 2.80. The van der Waals surface area contributed by atoms with Crippen molar-refractivity contribution in [2.24, 2.45) is 124 Å². The number of hydrogen-bond donors (Lipinski definition) is 1. The molecule has 12 aliphatic carbocycles. The first-order chi connectivity index (χ1) is 49.6. The third-order valence-corrected chi connectivity index (χ3v) is 39.9. The summed E-state index contributed by atoms with van der Waals surface area (Å²) in [5, 5.41) is 9.82. The van der Waals surface area contributed by atoms with E-state index in [9.17, 15) is 49.9 Å². The van der Waals surface area contributed by atoms with Gasteiger partial charge in [-0.15, -0.1) is 0 Å². The Morgan fingerprint density at radius 1 is 0.462 bits per heavy atom. The second-order valence-corrected chi connectivity index (χ2v) is 46.0. The second-order valence-electron chi connectivity index (χ2n) is 41.4. The molecule has 0 spiro atoms. The van der Waals surface area contributed by atoms with Crippen LogP contribution in [0.15, 0.2) is 70.9 Å². The maximum absolute atomic E-state index is 14.6. The average Bonchev–Trinajstić information content (AvgIpc) is 1.05. The molecule has 2 heterocycles. The minimum atomic E-state index is -2.91. The lowest BCUT2D eigenvalue weighted by atomic mass is 9.32. The van der Waals surface area contributed by atoms with Crippen LogP contribution in [-0.4, -0.2) is 131 Å². The summed E-state index contributed by atoms with van der Waals surface area (Å²) in [5.74, 6) is 5.69. The van der Waals surface area contributed by atoms with Crippen LogP contribution in [0, 0.1) is 124 Å². The van der Waals surface area contributed by atoms with Gasteiger partial charge in [0.15, 0.2) is 19.7 Å². The molecule has 14 rings (SSSR count). The van der Waals surface area contributed by atoms with E-state index in [0.29, 0.717) is 135 Å². The van der Waals surface area contributed by atoms with Crippen molar-refractivity contribution >= 4 is 43.0 Å². The molecule has 0 aromatic carbocycles. The van der Waals surface area contributed by atoms with Gasteiger partial charge in [0.05, 0.1) is 33.8 Å². The fourth-order valence-electron chi connectivity index (χ4n) is 30.1. The summed E-state index contributed by atoms with van der Waals surface area (Å²) < 4.78 is 76.0. The fourth-order valence-corrected chi connectivity index (χ4v) is 32.7. The number of carboxylic acid groups (broad SMARTS) is 1. The van der Waals surface area contributed by atoms with Gasteiger partial charge in [-0.2, -0.15) is 0 Å². The van der Waals surface area contributed by atoms with Gasteiger partial charge in [-0.25, -0.2) is 25.6 Å². The van der Waals surface area contributed by atoms with Crippen molar-refractivity contribution in [1.82, 2.24) is 9.80 Å². The maximum atomic E-state index is 14.6. The molecule has 0 amide bonds. The van der Waals surface area contributed by atoms with E-state index >= 15 is 0 Å². The van der Waals surface area contributed by atoms with Crippen LogP contribution >= 0.6 is 0 Å². The molecule has 0 bridgehead atoms. The van der Waals surface area contributed by atoms with Gasteiger partial charge in [-0.3, -0.25) is 19.2 Å². The van der Waals surface area contributed by atoms with Crippen LogP contribution < -0.4 is 0 Å². The number of nitrogens with zero attached hydrogens (tertiary/aromatic N) is 2. The van der Waals surface area contributed by atoms with E-state index in [2.05, 4.69) is 130 Å². The predicted molar refractivity (Wildman–Crippen MR) is 423 cm³/mol. The molecule has 106 heavy (non-hydrogen) atoms. The smallest absolute Gasteiger partial charge is 0.312 e. The number of carbonyl (C=O) groups excluding carboxylic acids is 3. The van der Waals surface area contributed by atoms with Crippen molar-refractivity contribution < 1.29 is 49.9 Å². The van der Waals surface area contributed by atoms with Crippen molar-refractivity contribution in [3.05, 3.63) is 70.9 Å². The minimum absolute atomic E-state index is 0.0109.